The van der Waals surface area contributed by atoms with Crippen molar-refractivity contribution in [3.63, 3.8) is 0 Å². The van der Waals surface area contributed by atoms with Gasteiger partial charge in [-0.15, -0.1) is 0 Å². The Labute approximate surface area is 119 Å². The van der Waals surface area contributed by atoms with Gasteiger partial charge in [0.2, 0.25) is 0 Å². The van der Waals surface area contributed by atoms with E-state index >= 15 is 0 Å². The van der Waals surface area contributed by atoms with Crippen LogP contribution in [0.15, 0.2) is 30.5 Å². The first-order valence-electron chi connectivity index (χ1n) is 6.18. The minimum Gasteiger partial charge on any atom is -0.397 e. The molecule has 21 heavy (non-hydrogen) atoms. The van der Waals surface area contributed by atoms with Gasteiger partial charge in [-0.1, -0.05) is 0 Å². The van der Waals surface area contributed by atoms with E-state index < -0.39 is 11.8 Å². The molecule has 1 aromatic heterocycles. The molecule has 7 heteroatoms. The van der Waals surface area contributed by atoms with E-state index in [2.05, 4.69) is 10.6 Å². The van der Waals surface area contributed by atoms with Crippen molar-refractivity contribution < 1.29 is 14.4 Å². The van der Waals surface area contributed by atoms with Gasteiger partial charge < -0.3 is 15.6 Å². The fourth-order valence-electron chi connectivity index (χ4n) is 2.26. The predicted octanol–water partition coefficient (Wildman–Crippen LogP) is 0.743. The summed E-state index contributed by atoms with van der Waals surface area (Å²) in [5.41, 5.74) is 7.51. The number of aryl methyl sites for hydroxylation is 1. The molecule has 3 rings (SSSR count). The van der Waals surface area contributed by atoms with Crippen LogP contribution in [0.4, 0.5) is 11.4 Å². The number of aromatic nitrogens is 1. The zero-order chi connectivity index (χ0) is 15.1. The quantitative estimate of drug-likeness (QED) is 0.707. The molecule has 1 aromatic carbocycles. The molecule has 2 aromatic rings. The van der Waals surface area contributed by atoms with Crippen LogP contribution in [0.1, 0.15) is 31.2 Å². The number of carbonyl (C=O) groups excluding carboxylic acids is 3. The molecule has 0 saturated heterocycles. The van der Waals surface area contributed by atoms with Crippen LogP contribution in [0.5, 0.6) is 0 Å². The highest BCUT2D eigenvalue weighted by atomic mass is 16.2. The number of imide groups is 1. The van der Waals surface area contributed by atoms with Gasteiger partial charge in [-0.25, -0.2) is 0 Å². The summed E-state index contributed by atoms with van der Waals surface area (Å²) in [4.78, 5) is 35.2. The molecule has 2 heterocycles. The maximum atomic E-state index is 12.1. The molecule has 1 aliphatic heterocycles. The lowest BCUT2D eigenvalue weighted by Crippen LogP contribution is -2.19. The number of nitrogens with one attached hydrogen (secondary N) is 2. The first kappa shape index (κ1) is 12.9. The topological polar surface area (TPSA) is 106 Å². The SMILES string of the molecule is Cn1cc(N)cc1C(=O)Nc1ccc2c(c1)C(=O)NC2=O. The molecule has 0 bridgehead atoms. The third kappa shape index (κ3) is 2.14. The van der Waals surface area contributed by atoms with Gasteiger partial charge in [-0.05, 0) is 24.3 Å². The van der Waals surface area contributed by atoms with Crippen LogP contribution < -0.4 is 16.4 Å². The van der Waals surface area contributed by atoms with Crippen molar-refractivity contribution >= 4 is 29.1 Å². The molecule has 1 aliphatic rings. The standard InChI is InChI=1S/C14H12N4O3/c1-18-6-7(15)4-11(18)14(21)16-8-2-3-9-10(5-8)13(20)17-12(9)19/h2-6H,15H2,1H3,(H,16,21)(H,17,19,20). The van der Waals surface area contributed by atoms with Gasteiger partial charge in [0.1, 0.15) is 5.69 Å². The number of benzene rings is 1. The Morgan fingerprint density at radius 1 is 1.19 bits per heavy atom. The van der Waals surface area contributed by atoms with Crippen molar-refractivity contribution in [1.29, 1.82) is 0 Å². The van der Waals surface area contributed by atoms with Crippen LogP contribution in [-0.4, -0.2) is 22.3 Å². The fraction of sp³-hybridized carbons (Fsp3) is 0.0714. The van der Waals surface area contributed by atoms with E-state index in [-0.39, 0.29) is 11.5 Å². The lowest BCUT2D eigenvalue weighted by atomic mass is 10.1. The second-order valence-corrected chi connectivity index (χ2v) is 4.77. The third-order valence-electron chi connectivity index (χ3n) is 3.25. The smallest absolute Gasteiger partial charge is 0.272 e. The summed E-state index contributed by atoms with van der Waals surface area (Å²) in [6.45, 7) is 0. The number of anilines is 2. The van der Waals surface area contributed by atoms with E-state index in [1.165, 1.54) is 12.1 Å². The summed E-state index contributed by atoms with van der Waals surface area (Å²) < 4.78 is 1.61. The van der Waals surface area contributed by atoms with Gasteiger partial charge in [0.15, 0.2) is 0 Å². The zero-order valence-corrected chi connectivity index (χ0v) is 11.1. The summed E-state index contributed by atoms with van der Waals surface area (Å²) in [7, 11) is 1.71. The molecule has 0 saturated carbocycles. The molecular formula is C14H12N4O3. The maximum absolute atomic E-state index is 12.1. The summed E-state index contributed by atoms with van der Waals surface area (Å²) in [5, 5.41) is 4.87. The van der Waals surface area contributed by atoms with Gasteiger partial charge >= 0.3 is 0 Å². The number of hydrogen-bond acceptors (Lipinski definition) is 4. The molecule has 0 spiro atoms. The van der Waals surface area contributed by atoms with Crippen LogP contribution in [0, 0.1) is 0 Å². The number of amides is 3. The summed E-state index contributed by atoms with van der Waals surface area (Å²) in [5.74, 6) is -1.24. The number of hydrogen-bond donors (Lipinski definition) is 3. The van der Waals surface area contributed by atoms with Crippen LogP contribution in [0.2, 0.25) is 0 Å². The molecule has 7 nitrogen and oxygen atoms in total. The lowest BCUT2D eigenvalue weighted by Gasteiger charge is -2.06. The van der Waals surface area contributed by atoms with Crippen molar-refractivity contribution in [3.8, 4) is 0 Å². The lowest BCUT2D eigenvalue weighted by molar-refractivity contribution is 0.0878. The van der Waals surface area contributed by atoms with Gasteiger partial charge in [0, 0.05) is 18.9 Å². The van der Waals surface area contributed by atoms with Crippen LogP contribution in [0.3, 0.4) is 0 Å². The summed E-state index contributed by atoms with van der Waals surface area (Å²) >= 11 is 0. The number of rotatable bonds is 2. The van der Waals surface area contributed by atoms with Crippen molar-refractivity contribution in [3.05, 3.63) is 47.3 Å². The highest BCUT2D eigenvalue weighted by Gasteiger charge is 2.26. The van der Waals surface area contributed by atoms with Crippen LogP contribution in [-0.2, 0) is 7.05 Å². The van der Waals surface area contributed by atoms with E-state index in [1.54, 1.807) is 29.9 Å². The molecule has 0 radical (unpaired) electrons. The van der Waals surface area contributed by atoms with E-state index in [4.69, 9.17) is 5.73 Å². The van der Waals surface area contributed by atoms with Gasteiger partial charge in [-0.2, -0.15) is 0 Å². The predicted molar refractivity (Wildman–Crippen MR) is 76.0 cm³/mol. The van der Waals surface area contributed by atoms with Crippen molar-refractivity contribution in [2.75, 3.05) is 11.1 Å². The van der Waals surface area contributed by atoms with Gasteiger partial charge in [0.05, 0.1) is 16.8 Å². The fourth-order valence-corrected chi connectivity index (χ4v) is 2.26. The Hall–Kier alpha value is -3.09. The zero-order valence-electron chi connectivity index (χ0n) is 11.1. The molecule has 0 unspecified atom stereocenters. The van der Waals surface area contributed by atoms with Crippen molar-refractivity contribution in [1.82, 2.24) is 9.88 Å². The van der Waals surface area contributed by atoms with E-state index in [9.17, 15) is 14.4 Å². The molecule has 0 fully saturated rings. The first-order chi connectivity index (χ1) is 9.95. The number of nitrogens with zero attached hydrogens (tertiary/aromatic N) is 1. The number of carbonyl (C=O) groups is 3. The minimum absolute atomic E-state index is 0.254. The van der Waals surface area contributed by atoms with Crippen molar-refractivity contribution in [2.45, 2.75) is 0 Å². The summed E-state index contributed by atoms with van der Waals surface area (Å²) in [6.07, 6.45) is 1.63. The number of fused-ring (bicyclic) bond motifs is 1. The Morgan fingerprint density at radius 2 is 1.90 bits per heavy atom. The van der Waals surface area contributed by atoms with E-state index in [0.717, 1.165) is 0 Å². The second kappa shape index (κ2) is 4.48. The summed E-state index contributed by atoms with van der Waals surface area (Å²) in [6, 6.07) is 6.10. The van der Waals surface area contributed by atoms with Crippen molar-refractivity contribution in [2.24, 2.45) is 7.05 Å². The molecule has 0 atom stereocenters. The normalized spacial score (nSPS) is 13.0. The third-order valence-corrected chi connectivity index (χ3v) is 3.25. The highest BCUT2D eigenvalue weighted by molar-refractivity contribution is 6.22. The van der Waals surface area contributed by atoms with Crippen LogP contribution in [0.25, 0.3) is 0 Å². The Bertz CT molecular complexity index is 792. The monoisotopic (exact) mass is 284 g/mol. The molecule has 0 aliphatic carbocycles. The maximum Gasteiger partial charge on any atom is 0.272 e. The van der Waals surface area contributed by atoms with E-state index in [1.807, 2.05) is 0 Å². The van der Waals surface area contributed by atoms with Gasteiger partial charge in [-0.3, -0.25) is 19.7 Å². The molecule has 106 valence electrons. The van der Waals surface area contributed by atoms with Crippen LogP contribution >= 0.6 is 0 Å². The molecule has 3 amide bonds. The van der Waals surface area contributed by atoms with Gasteiger partial charge in [0.25, 0.3) is 17.7 Å². The largest absolute Gasteiger partial charge is 0.397 e. The Kier molecular flexibility index (Phi) is 2.76. The minimum atomic E-state index is -0.464. The number of nitrogens with two attached hydrogens (primary N) is 1. The Morgan fingerprint density at radius 3 is 2.57 bits per heavy atom. The second-order valence-electron chi connectivity index (χ2n) is 4.77. The van der Waals surface area contributed by atoms with E-state index in [0.29, 0.717) is 22.6 Å². The number of nitrogen functional groups attached to an aromatic ring is 1. The molecule has 4 N–H and O–H groups in total. The highest BCUT2D eigenvalue weighted by Crippen LogP contribution is 2.21. The Balaban J connectivity index is 1.88. The first-order valence-corrected chi connectivity index (χ1v) is 6.18. The molecular weight excluding hydrogens is 272 g/mol. The average Bonchev–Trinajstić information content (AvgIpc) is 2.90. The average molecular weight is 284 g/mol.